The Bertz CT molecular complexity index is 439. The molecule has 2 N–H and O–H groups in total. The first kappa shape index (κ1) is 15.3. The van der Waals surface area contributed by atoms with Gasteiger partial charge in [-0.2, -0.15) is 0 Å². The molecule has 1 unspecified atom stereocenters. The van der Waals surface area contributed by atoms with Gasteiger partial charge in [0.1, 0.15) is 5.75 Å². The summed E-state index contributed by atoms with van der Waals surface area (Å²) in [6, 6.07) is 4.48. The highest BCUT2D eigenvalue weighted by atomic mass is 79.9. The summed E-state index contributed by atoms with van der Waals surface area (Å²) in [5.74, 6) is -0.383. The zero-order chi connectivity index (χ0) is 13.8. The Morgan fingerprint density at radius 2 is 2.22 bits per heavy atom. The number of alkyl halides is 1. The maximum atomic E-state index is 12.1. The Morgan fingerprint density at radius 1 is 1.56 bits per heavy atom. The van der Waals surface area contributed by atoms with Crippen LogP contribution in [0.1, 0.15) is 37.0 Å². The largest absolute Gasteiger partial charge is 0.507 e. The Hall–Kier alpha value is -0.740. The van der Waals surface area contributed by atoms with Crippen molar-refractivity contribution >= 4 is 33.4 Å². The molecule has 18 heavy (non-hydrogen) atoms. The smallest absolute Gasteiger partial charge is 0.255 e. The SMILES string of the molecule is CCC(C)(CCBr)NC(=O)c1ccc(Cl)cc1O. The Balaban J connectivity index is 2.87. The molecule has 1 aromatic rings. The third-order valence-electron chi connectivity index (χ3n) is 3.05. The Morgan fingerprint density at radius 3 is 2.72 bits per heavy atom. The molecule has 0 spiro atoms. The molecule has 0 fully saturated rings. The standard InChI is InChI=1S/C13H17BrClNO2/c1-3-13(2,6-7-14)16-12(18)10-5-4-9(15)8-11(10)17/h4-5,8,17H,3,6-7H2,1-2H3,(H,16,18). The highest BCUT2D eigenvalue weighted by molar-refractivity contribution is 9.09. The van der Waals surface area contributed by atoms with E-state index in [4.69, 9.17) is 11.6 Å². The van der Waals surface area contributed by atoms with E-state index in [1.165, 1.54) is 12.1 Å². The van der Waals surface area contributed by atoms with E-state index in [9.17, 15) is 9.90 Å². The Labute approximate surface area is 121 Å². The second kappa shape index (κ2) is 6.43. The fraction of sp³-hybridized carbons (Fsp3) is 0.462. The van der Waals surface area contributed by atoms with Crippen molar-refractivity contribution in [2.75, 3.05) is 5.33 Å². The van der Waals surface area contributed by atoms with E-state index in [2.05, 4.69) is 21.2 Å². The zero-order valence-corrected chi connectivity index (χ0v) is 12.8. The predicted molar refractivity (Wildman–Crippen MR) is 77.7 cm³/mol. The first-order valence-electron chi connectivity index (χ1n) is 5.79. The highest BCUT2D eigenvalue weighted by Crippen LogP contribution is 2.23. The number of benzene rings is 1. The Kier molecular flexibility index (Phi) is 5.47. The van der Waals surface area contributed by atoms with Gasteiger partial charge in [-0.15, -0.1) is 0 Å². The molecule has 1 atom stereocenters. The van der Waals surface area contributed by atoms with E-state index in [-0.39, 0.29) is 22.8 Å². The molecule has 1 amide bonds. The highest BCUT2D eigenvalue weighted by Gasteiger charge is 2.25. The molecule has 5 heteroatoms. The lowest BCUT2D eigenvalue weighted by molar-refractivity contribution is 0.0899. The molecule has 1 aromatic carbocycles. The number of amides is 1. The maximum absolute atomic E-state index is 12.1. The number of phenolic OH excluding ortho intramolecular Hbond substituents is 1. The fourth-order valence-corrected chi connectivity index (χ4v) is 2.62. The summed E-state index contributed by atoms with van der Waals surface area (Å²) in [5, 5.41) is 13.9. The lowest BCUT2D eigenvalue weighted by Gasteiger charge is -2.29. The van der Waals surface area contributed by atoms with Gasteiger partial charge in [0, 0.05) is 15.9 Å². The van der Waals surface area contributed by atoms with Gasteiger partial charge in [0.05, 0.1) is 5.56 Å². The van der Waals surface area contributed by atoms with Gasteiger partial charge in [-0.1, -0.05) is 34.5 Å². The van der Waals surface area contributed by atoms with Crippen molar-refractivity contribution in [1.82, 2.24) is 5.32 Å². The summed E-state index contributed by atoms with van der Waals surface area (Å²) >= 11 is 9.11. The first-order valence-corrected chi connectivity index (χ1v) is 7.29. The average Bonchev–Trinajstić information content (AvgIpc) is 2.28. The second-order valence-electron chi connectivity index (χ2n) is 4.47. The lowest BCUT2D eigenvalue weighted by atomic mass is 9.95. The molecule has 0 radical (unpaired) electrons. The zero-order valence-electron chi connectivity index (χ0n) is 10.5. The number of carbonyl (C=O) groups is 1. The number of phenols is 1. The monoisotopic (exact) mass is 333 g/mol. The van der Waals surface area contributed by atoms with Gasteiger partial charge >= 0.3 is 0 Å². The van der Waals surface area contributed by atoms with E-state index in [0.717, 1.165) is 18.2 Å². The van der Waals surface area contributed by atoms with Crippen molar-refractivity contribution in [3.63, 3.8) is 0 Å². The molecular weight excluding hydrogens is 318 g/mol. The molecule has 0 saturated heterocycles. The van der Waals surface area contributed by atoms with Crippen molar-refractivity contribution in [1.29, 1.82) is 0 Å². The minimum absolute atomic E-state index is 0.0997. The average molecular weight is 335 g/mol. The molecular formula is C13H17BrClNO2. The third kappa shape index (κ3) is 3.89. The van der Waals surface area contributed by atoms with E-state index in [0.29, 0.717) is 5.02 Å². The van der Waals surface area contributed by atoms with Gasteiger partial charge in [0.15, 0.2) is 0 Å². The van der Waals surface area contributed by atoms with E-state index >= 15 is 0 Å². The van der Waals surface area contributed by atoms with Crippen molar-refractivity contribution in [2.45, 2.75) is 32.2 Å². The van der Waals surface area contributed by atoms with Crippen LogP contribution in [-0.2, 0) is 0 Å². The van der Waals surface area contributed by atoms with Gasteiger partial charge in [-0.25, -0.2) is 0 Å². The summed E-state index contributed by atoms with van der Waals surface area (Å²) in [7, 11) is 0. The minimum Gasteiger partial charge on any atom is -0.507 e. The topological polar surface area (TPSA) is 49.3 Å². The van der Waals surface area contributed by atoms with Gasteiger partial charge in [0.25, 0.3) is 5.91 Å². The second-order valence-corrected chi connectivity index (χ2v) is 5.70. The number of carbonyl (C=O) groups excluding carboxylic acids is 1. The van der Waals surface area contributed by atoms with Crippen molar-refractivity contribution in [3.8, 4) is 5.75 Å². The quantitative estimate of drug-likeness (QED) is 0.806. The van der Waals surface area contributed by atoms with Crippen LogP contribution in [0.25, 0.3) is 0 Å². The molecule has 0 heterocycles. The van der Waals surface area contributed by atoms with Gasteiger partial charge < -0.3 is 10.4 Å². The van der Waals surface area contributed by atoms with Crippen molar-refractivity contribution in [2.24, 2.45) is 0 Å². The van der Waals surface area contributed by atoms with E-state index in [1.807, 2.05) is 13.8 Å². The summed E-state index contributed by atoms with van der Waals surface area (Å²) in [5.41, 5.74) is -0.0409. The van der Waals surface area contributed by atoms with E-state index in [1.54, 1.807) is 6.07 Å². The molecule has 0 saturated carbocycles. The molecule has 0 aliphatic rings. The molecule has 0 bridgehead atoms. The van der Waals surface area contributed by atoms with Crippen LogP contribution < -0.4 is 5.32 Å². The summed E-state index contributed by atoms with van der Waals surface area (Å²) in [4.78, 5) is 12.1. The number of aromatic hydroxyl groups is 1. The maximum Gasteiger partial charge on any atom is 0.255 e. The number of hydrogen-bond donors (Lipinski definition) is 2. The first-order chi connectivity index (χ1) is 8.41. The summed E-state index contributed by atoms with van der Waals surface area (Å²) in [6.45, 7) is 4.00. The minimum atomic E-state index is -0.285. The van der Waals surface area contributed by atoms with Gasteiger partial charge in [0.2, 0.25) is 0 Å². The normalized spacial score (nSPS) is 14.0. The molecule has 100 valence electrons. The molecule has 0 aliphatic carbocycles. The van der Waals surface area contributed by atoms with Gasteiger partial charge in [-0.3, -0.25) is 4.79 Å². The van der Waals surface area contributed by atoms with Crippen LogP contribution in [0, 0.1) is 0 Å². The number of rotatable bonds is 5. The van der Waals surface area contributed by atoms with Crippen molar-refractivity contribution in [3.05, 3.63) is 28.8 Å². The number of halogens is 2. The van der Waals surface area contributed by atoms with Crippen LogP contribution in [0.15, 0.2) is 18.2 Å². The molecule has 1 rings (SSSR count). The van der Waals surface area contributed by atoms with Crippen molar-refractivity contribution < 1.29 is 9.90 Å². The fourth-order valence-electron chi connectivity index (χ4n) is 1.57. The summed E-state index contributed by atoms with van der Waals surface area (Å²) < 4.78 is 0. The lowest BCUT2D eigenvalue weighted by Crippen LogP contribution is -2.45. The van der Waals surface area contributed by atoms with Crippen LogP contribution >= 0.6 is 27.5 Å². The molecule has 3 nitrogen and oxygen atoms in total. The van der Waals surface area contributed by atoms with E-state index < -0.39 is 0 Å². The van der Waals surface area contributed by atoms with Crippen LogP contribution in [-0.4, -0.2) is 21.9 Å². The van der Waals surface area contributed by atoms with Gasteiger partial charge in [-0.05, 0) is 38.0 Å². The number of nitrogens with one attached hydrogen (secondary N) is 1. The third-order valence-corrected chi connectivity index (χ3v) is 3.68. The number of hydrogen-bond acceptors (Lipinski definition) is 2. The van der Waals surface area contributed by atoms with Crippen LogP contribution in [0.2, 0.25) is 5.02 Å². The molecule has 0 aromatic heterocycles. The predicted octanol–water partition coefficient (Wildman–Crippen LogP) is 3.73. The van der Waals surface area contributed by atoms with Crippen LogP contribution in [0.4, 0.5) is 0 Å². The molecule has 0 aliphatic heterocycles. The van der Waals surface area contributed by atoms with Crippen LogP contribution in [0.5, 0.6) is 5.75 Å². The summed E-state index contributed by atoms with van der Waals surface area (Å²) in [6.07, 6.45) is 1.64. The van der Waals surface area contributed by atoms with Crippen LogP contribution in [0.3, 0.4) is 0 Å².